The summed E-state index contributed by atoms with van der Waals surface area (Å²) in [6.07, 6.45) is 2.57. The number of carbonyl (C=O) groups excluding carboxylic acids is 2. The second-order valence-corrected chi connectivity index (χ2v) is 12.0. The van der Waals surface area contributed by atoms with E-state index in [0.29, 0.717) is 12.8 Å². The third-order valence-corrected chi connectivity index (χ3v) is 8.65. The Morgan fingerprint density at radius 2 is 1.26 bits per heavy atom. The monoisotopic (exact) mass is 438 g/mol. The normalized spacial score (nSPS) is 30.2. The number of hydrogen-bond acceptors (Lipinski definition) is 6. The zero-order chi connectivity index (χ0) is 24.0. The van der Waals surface area contributed by atoms with Gasteiger partial charge in [0.25, 0.3) is 0 Å². The van der Waals surface area contributed by atoms with Gasteiger partial charge in [-0.1, -0.05) is 6.92 Å². The Morgan fingerprint density at radius 1 is 0.839 bits per heavy atom. The molecule has 2 saturated heterocycles. The van der Waals surface area contributed by atoms with Gasteiger partial charge in [-0.05, 0) is 88.7 Å². The molecule has 3 unspecified atom stereocenters. The molecular formula is C25H46N2O4. The molecule has 0 N–H and O–H groups in total. The summed E-state index contributed by atoms with van der Waals surface area (Å²) in [7, 11) is 4.15. The first-order valence-electron chi connectivity index (χ1n) is 11.8. The topological polar surface area (TPSA) is 59.1 Å². The maximum atomic E-state index is 13.0. The summed E-state index contributed by atoms with van der Waals surface area (Å²) in [5.74, 6) is -0.613. The molecule has 2 aliphatic rings. The van der Waals surface area contributed by atoms with Crippen molar-refractivity contribution in [1.29, 1.82) is 0 Å². The SMILES string of the molecule is CCC(CCOC(=O)C1CC(C)(C)N(C)C1(C)C)OC(=O)C1CC(C)(C)N(C)C1(C)C. The molecule has 0 spiro atoms. The maximum Gasteiger partial charge on any atom is 0.311 e. The molecule has 6 nitrogen and oxygen atoms in total. The largest absolute Gasteiger partial charge is 0.465 e. The summed E-state index contributed by atoms with van der Waals surface area (Å²) in [4.78, 5) is 30.4. The van der Waals surface area contributed by atoms with Crippen LogP contribution in [0.25, 0.3) is 0 Å². The second kappa shape index (κ2) is 8.66. The van der Waals surface area contributed by atoms with Gasteiger partial charge in [-0.25, -0.2) is 0 Å². The Balaban J connectivity index is 1.90. The third kappa shape index (κ3) is 4.95. The van der Waals surface area contributed by atoms with Gasteiger partial charge in [0.05, 0.1) is 18.4 Å². The number of esters is 2. The van der Waals surface area contributed by atoms with Gasteiger partial charge in [-0.2, -0.15) is 0 Å². The number of ether oxygens (including phenoxy) is 2. The van der Waals surface area contributed by atoms with Crippen LogP contribution in [0, 0.1) is 11.8 Å². The fraction of sp³-hybridized carbons (Fsp3) is 0.920. The summed E-state index contributed by atoms with van der Waals surface area (Å²) in [6, 6.07) is 0. The van der Waals surface area contributed by atoms with E-state index in [4.69, 9.17) is 9.47 Å². The van der Waals surface area contributed by atoms with E-state index < -0.39 is 0 Å². The van der Waals surface area contributed by atoms with Crippen molar-refractivity contribution in [2.75, 3.05) is 20.7 Å². The zero-order valence-corrected chi connectivity index (χ0v) is 21.8. The molecule has 2 rings (SSSR count). The minimum atomic E-state index is -0.252. The van der Waals surface area contributed by atoms with Gasteiger partial charge >= 0.3 is 11.9 Å². The molecule has 2 aliphatic heterocycles. The lowest BCUT2D eigenvalue weighted by Gasteiger charge is -2.38. The first-order chi connectivity index (χ1) is 14.0. The predicted molar refractivity (Wildman–Crippen MR) is 124 cm³/mol. The van der Waals surface area contributed by atoms with Gasteiger partial charge in [0.2, 0.25) is 0 Å². The van der Waals surface area contributed by atoms with Crippen LogP contribution < -0.4 is 0 Å². The first-order valence-corrected chi connectivity index (χ1v) is 11.8. The van der Waals surface area contributed by atoms with Crippen molar-refractivity contribution in [1.82, 2.24) is 9.80 Å². The van der Waals surface area contributed by atoms with Crippen LogP contribution in [0.1, 0.15) is 88.0 Å². The average Bonchev–Trinajstić information content (AvgIpc) is 2.93. The van der Waals surface area contributed by atoms with Crippen LogP contribution in [0.3, 0.4) is 0 Å². The van der Waals surface area contributed by atoms with E-state index in [0.717, 1.165) is 12.8 Å². The van der Waals surface area contributed by atoms with Crippen molar-refractivity contribution in [2.24, 2.45) is 11.8 Å². The molecule has 3 atom stereocenters. The molecule has 180 valence electrons. The molecule has 0 aromatic heterocycles. The average molecular weight is 439 g/mol. The lowest BCUT2D eigenvalue weighted by atomic mass is 9.87. The zero-order valence-electron chi connectivity index (χ0n) is 21.8. The van der Waals surface area contributed by atoms with Crippen molar-refractivity contribution < 1.29 is 19.1 Å². The molecule has 0 aromatic carbocycles. The Bertz CT molecular complexity index is 683. The molecule has 6 heteroatoms. The van der Waals surface area contributed by atoms with E-state index in [1.54, 1.807) is 0 Å². The summed E-state index contributed by atoms with van der Waals surface area (Å²) < 4.78 is 11.6. The molecule has 31 heavy (non-hydrogen) atoms. The molecular weight excluding hydrogens is 392 g/mol. The van der Waals surface area contributed by atoms with E-state index in [9.17, 15) is 9.59 Å². The lowest BCUT2D eigenvalue weighted by Crippen LogP contribution is -2.48. The van der Waals surface area contributed by atoms with Gasteiger partial charge in [0.1, 0.15) is 6.10 Å². The minimum Gasteiger partial charge on any atom is -0.465 e. The fourth-order valence-corrected chi connectivity index (χ4v) is 5.53. The van der Waals surface area contributed by atoms with E-state index in [1.165, 1.54) is 0 Å². The molecule has 0 bridgehead atoms. The van der Waals surface area contributed by atoms with Crippen LogP contribution >= 0.6 is 0 Å². The smallest absolute Gasteiger partial charge is 0.311 e. The third-order valence-electron chi connectivity index (χ3n) is 8.65. The molecule has 0 aromatic rings. The van der Waals surface area contributed by atoms with Crippen LogP contribution in [0.4, 0.5) is 0 Å². The quantitative estimate of drug-likeness (QED) is 0.554. The number of carbonyl (C=O) groups is 2. The Labute approximate surface area is 190 Å². The molecule has 2 heterocycles. The summed E-state index contributed by atoms with van der Waals surface area (Å²) in [6.45, 7) is 19.4. The highest BCUT2D eigenvalue weighted by Crippen LogP contribution is 2.45. The van der Waals surface area contributed by atoms with E-state index >= 15 is 0 Å². The Morgan fingerprint density at radius 3 is 1.61 bits per heavy atom. The van der Waals surface area contributed by atoms with Crippen molar-refractivity contribution >= 4 is 11.9 Å². The summed E-state index contributed by atoms with van der Waals surface area (Å²) in [5, 5.41) is 0. The van der Waals surface area contributed by atoms with Crippen LogP contribution in [0.5, 0.6) is 0 Å². The standard InChI is InChI=1S/C25H46N2O4/c1-12-17(31-21(29)19-16-23(4,5)27(11)25(19,8)9)13-14-30-20(28)18-15-22(2,3)26(10)24(18,6)7/h17-19H,12-16H2,1-11H3. The Kier molecular flexibility index (Phi) is 7.30. The molecule has 2 fully saturated rings. The minimum absolute atomic E-state index is 0.0380. The fourth-order valence-electron chi connectivity index (χ4n) is 5.53. The van der Waals surface area contributed by atoms with Crippen molar-refractivity contribution in [3.8, 4) is 0 Å². The second-order valence-electron chi connectivity index (χ2n) is 12.0. The number of rotatable bonds is 7. The first kappa shape index (κ1) is 26.1. The van der Waals surface area contributed by atoms with Crippen LogP contribution in [0.15, 0.2) is 0 Å². The van der Waals surface area contributed by atoms with Crippen LogP contribution in [0.2, 0.25) is 0 Å². The van der Waals surface area contributed by atoms with Crippen molar-refractivity contribution in [3.05, 3.63) is 0 Å². The molecule has 0 aliphatic carbocycles. The van der Waals surface area contributed by atoms with Crippen molar-refractivity contribution in [3.63, 3.8) is 0 Å². The highest BCUT2D eigenvalue weighted by atomic mass is 16.6. The van der Waals surface area contributed by atoms with E-state index in [1.807, 2.05) is 6.92 Å². The number of likely N-dealkylation sites (tertiary alicyclic amines) is 2. The van der Waals surface area contributed by atoms with Gasteiger partial charge in [0.15, 0.2) is 0 Å². The van der Waals surface area contributed by atoms with Crippen LogP contribution in [-0.2, 0) is 19.1 Å². The van der Waals surface area contributed by atoms with E-state index in [-0.39, 0.29) is 58.6 Å². The highest BCUT2D eigenvalue weighted by Gasteiger charge is 2.54. The lowest BCUT2D eigenvalue weighted by molar-refractivity contribution is -0.159. The van der Waals surface area contributed by atoms with Gasteiger partial charge < -0.3 is 9.47 Å². The van der Waals surface area contributed by atoms with Gasteiger partial charge in [0, 0.05) is 28.6 Å². The summed E-state index contributed by atoms with van der Waals surface area (Å²) >= 11 is 0. The molecule has 0 saturated carbocycles. The predicted octanol–water partition coefficient (Wildman–Crippen LogP) is 4.26. The Hall–Kier alpha value is -1.14. The number of nitrogens with zero attached hydrogens (tertiary/aromatic N) is 2. The van der Waals surface area contributed by atoms with Gasteiger partial charge in [-0.15, -0.1) is 0 Å². The molecule has 0 amide bonds. The molecule has 0 radical (unpaired) electrons. The van der Waals surface area contributed by atoms with E-state index in [2.05, 4.69) is 79.3 Å². The maximum absolute atomic E-state index is 13.0. The van der Waals surface area contributed by atoms with Gasteiger partial charge in [-0.3, -0.25) is 19.4 Å². The summed E-state index contributed by atoms with van der Waals surface area (Å²) in [5.41, 5.74) is -0.578. The highest BCUT2D eigenvalue weighted by molar-refractivity contribution is 5.75. The number of hydrogen-bond donors (Lipinski definition) is 0. The van der Waals surface area contributed by atoms with Crippen molar-refractivity contribution in [2.45, 2.75) is 116 Å². The van der Waals surface area contributed by atoms with Crippen LogP contribution in [-0.4, -0.2) is 70.7 Å².